The molecule has 1 nitrogen and oxygen atoms in total. The van der Waals surface area contributed by atoms with Gasteiger partial charge in [-0.15, -0.1) is 0 Å². The Morgan fingerprint density at radius 1 is 1.08 bits per heavy atom. The third kappa shape index (κ3) is 1.39. The summed E-state index contributed by atoms with van der Waals surface area (Å²) in [5.74, 6) is 0.897. The lowest BCUT2D eigenvalue weighted by atomic mass is 9.80. The van der Waals surface area contributed by atoms with Gasteiger partial charge in [-0.2, -0.15) is 0 Å². The van der Waals surface area contributed by atoms with Crippen molar-refractivity contribution in [1.29, 1.82) is 0 Å². The molecule has 2 aliphatic rings. The van der Waals surface area contributed by atoms with Gasteiger partial charge >= 0.3 is 0 Å². The van der Waals surface area contributed by atoms with Crippen LogP contribution in [0.1, 0.15) is 46.5 Å². The van der Waals surface area contributed by atoms with E-state index in [1.54, 1.807) is 0 Å². The van der Waals surface area contributed by atoms with Crippen LogP contribution in [0.2, 0.25) is 0 Å². The molecule has 2 rings (SSSR count). The Hall–Kier alpha value is -0.0400. The molecule has 2 aliphatic carbocycles. The fourth-order valence-corrected chi connectivity index (χ4v) is 2.34. The van der Waals surface area contributed by atoms with Gasteiger partial charge in [0.15, 0.2) is 0 Å². The Kier molecular flexibility index (Phi) is 1.95. The first-order chi connectivity index (χ1) is 5.60. The molecular weight excluding hydrogens is 146 g/mol. The van der Waals surface area contributed by atoms with Crippen LogP contribution in [0.4, 0.5) is 0 Å². The van der Waals surface area contributed by atoms with Crippen molar-refractivity contribution in [3.8, 4) is 0 Å². The van der Waals surface area contributed by atoms with Crippen LogP contribution >= 0.6 is 0 Å². The Morgan fingerprint density at radius 2 is 1.75 bits per heavy atom. The van der Waals surface area contributed by atoms with Crippen molar-refractivity contribution in [1.82, 2.24) is 5.32 Å². The van der Waals surface area contributed by atoms with Gasteiger partial charge in [0, 0.05) is 12.1 Å². The van der Waals surface area contributed by atoms with Crippen LogP contribution in [-0.2, 0) is 0 Å². The number of hydrogen-bond acceptors (Lipinski definition) is 1. The van der Waals surface area contributed by atoms with Crippen LogP contribution in [-0.4, -0.2) is 12.1 Å². The van der Waals surface area contributed by atoms with E-state index >= 15 is 0 Å². The van der Waals surface area contributed by atoms with Gasteiger partial charge in [0.2, 0.25) is 0 Å². The van der Waals surface area contributed by atoms with E-state index in [0.717, 1.165) is 18.0 Å². The SMILES string of the molecule is CC1CCC(NC2CC2)C1(C)C. The number of rotatable bonds is 2. The maximum atomic E-state index is 3.77. The highest BCUT2D eigenvalue weighted by Gasteiger charge is 2.42. The van der Waals surface area contributed by atoms with Gasteiger partial charge in [0.25, 0.3) is 0 Å². The molecule has 0 saturated heterocycles. The second kappa shape index (κ2) is 2.73. The van der Waals surface area contributed by atoms with E-state index in [-0.39, 0.29) is 0 Å². The standard InChI is InChI=1S/C11H21N/c1-8-4-7-10(11(8,2)3)12-9-5-6-9/h8-10,12H,4-7H2,1-3H3. The zero-order chi connectivity index (χ0) is 8.77. The normalized spacial score (nSPS) is 40.2. The summed E-state index contributed by atoms with van der Waals surface area (Å²) in [5.41, 5.74) is 0.530. The lowest BCUT2D eigenvalue weighted by molar-refractivity contribution is 0.219. The predicted octanol–water partition coefficient (Wildman–Crippen LogP) is 2.56. The maximum absolute atomic E-state index is 3.77. The van der Waals surface area contributed by atoms with Crippen LogP contribution < -0.4 is 5.32 Å². The third-order valence-electron chi connectivity index (χ3n) is 4.07. The molecule has 0 bridgehead atoms. The number of hydrogen-bond donors (Lipinski definition) is 1. The fraction of sp³-hybridized carbons (Fsp3) is 1.00. The van der Waals surface area contributed by atoms with E-state index in [1.165, 1.54) is 25.7 Å². The molecule has 2 saturated carbocycles. The summed E-state index contributed by atoms with van der Waals surface area (Å²) < 4.78 is 0. The molecule has 0 aromatic rings. The summed E-state index contributed by atoms with van der Waals surface area (Å²) in [6, 6.07) is 1.67. The second-order valence-corrected chi connectivity index (χ2v) is 5.29. The monoisotopic (exact) mass is 167 g/mol. The van der Waals surface area contributed by atoms with Crippen LogP contribution in [0, 0.1) is 11.3 Å². The van der Waals surface area contributed by atoms with Gasteiger partial charge in [-0.1, -0.05) is 20.8 Å². The largest absolute Gasteiger partial charge is 0.311 e. The van der Waals surface area contributed by atoms with Crippen molar-refractivity contribution < 1.29 is 0 Å². The van der Waals surface area contributed by atoms with Gasteiger partial charge in [0.05, 0.1) is 0 Å². The van der Waals surface area contributed by atoms with Crippen molar-refractivity contribution in [3.05, 3.63) is 0 Å². The van der Waals surface area contributed by atoms with Crippen LogP contribution in [0.25, 0.3) is 0 Å². The zero-order valence-electron chi connectivity index (χ0n) is 8.56. The van der Waals surface area contributed by atoms with E-state index in [9.17, 15) is 0 Å². The van der Waals surface area contributed by atoms with E-state index in [4.69, 9.17) is 0 Å². The smallest absolute Gasteiger partial charge is 0.0123 e. The molecule has 0 aliphatic heterocycles. The maximum Gasteiger partial charge on any atom is 0.0123 e. The lowest BCUT2D eigenvalue weighted by Gasteiger charge is -2.32. The van der Waals surface area contributed by atoms with Crippen molar-refractivity contribution in [3.63, 3.8) is 0 Å². The highest BCUT2D eigenvalue weighted by molar-refractivity contribution is 4.98. The topological polar surface area (TPSA) is 12.0 Å². The van der Waals surface area contributed by atoms with Gasteiger partial charge in [-0.05, 0) is 37.0 Å². The first-order valence-corrected chi connectivity index (χ1v) is 5.37. The molecular formula is C11H21N. The quantitative estimate of drug-likeness (QED) is 0.666. The molecule has 12 heavy (non-hydrogen) atoms. The van der Waals surface area contributed by atoms with Gasteiger partial charge in [-0.25, -0.2) is 0 Å². The molecule has 0 aromatic heterocycles. The molecule has 70 valence electrons. The Bertz CT molecular complexity index is 170. The van der Waals surface area contributed by atoms with Crippen LogP contribution in [0.3, 0.4) is 0 Å². The first kappa shape index (κ1) is 8.55. The first-order valence-electron chi connectivity index (χ1n) is 5.37. The average molecular weight is 167 g/mol. The Labute approximate surface area is 75.9 Å². The van der Waals surface area contributed by atoms with Crippen LogP contribution in [0.5, 0.6) is 0 Å². The van der Waals surface area contributed by atoms with Gasteiger partial charge in [-0.3, -0.25) is 0 Å². The molecule has 1 N–H and O–H groups in total. The highest BCUT2D eigenvalue weighted by Crippen LogP contribution is 2.43. The molecule has 0 amide bonds. The van der Waals surface area contributed by atoms with E-state index in [2.05, 4.69) is 26.1 Å². The van der Waals surface area contributed by atoms with Crippen molar-refractivity contribution in [2.75, 3.05) is 0 Å². The predicted molar refractivity (Wildman–Crippen MR) is 52.1 cm³/mol. The van der Waals surface area contributed by atoms with Crippen molar-refractivity contribution >= 4 is 0 Å². The minimum atomic E-state index is 0.530. The summed E-state index contributed by atoms with van der Waals surface area (Å²) in [7, 11) is 0. The molecule has 0 aromatic carbocycles. The zero-order valence-corrected chi connectivity index (χ0v) is 8.56. The van der Waals surface area contributed by atoms with E-state index in [1.807, 2.05) is 0 Å². The summed E-state index contributed by atoms with van der Waals surface area (Å²) in [6.07, 6.45) is 5.64. The highest BCUT2D eigenvalue weighted by atomic mass is 15.0. The lowest BCUT2D eigenvalue weighted by Crippen LogP contribution is -2.41. The summed E-state index contributed by atoms with van der Waals surface area (Å²) >= 11 is 0. The summed E-state index contributed by atoms with van der Waals surface area (Å²) in [4.78, 5) is 0. The molecule has 0 radical (unpaired) electrons. The average Bonchev–Trinajstić information content (AvgIpc) is 2.75. The number of nitrogens with one attached hydrogen (secondary N) is 1. The minimum Gasteiger partial charge on any atom is -0.311 e. The molecule has 2 fully saturated rings. The molecule has 2 atom stereocenters. The van der Waals surface area contributed by atoms with Crippen molar-refractivity contribution in [2.24, 2.45) is 11.3 Å². The Balaban J connectivity index is 1.96. The summed E-state index contributed by atoms with van der Waals surface area (Å²) in [5, 5.41) is 3.77. The molecule has 2 unspecified atom stereocenters. The molecule has 0 spiro atoms. The second-order valence-electron chi connectivity index (χ2n) is 5.29. The minimum absolute atomic E-state index is 0.530. The Morgan fingerprint density at radius 3 is 2.17 bits per heavy atom. The van der Waals surface area contributed by atoms with Crippen molar-refractivity contribution in [2.45, 2.75) is 58.5 Å². The van der Waals surface area contributed by atoms with Gasteiger partial charge < -0.3 is 5.32 Å². The third-order valence-corrected chi connectivity index (χ3v) is 4.07. The van der Waals surface area contributed by atoms with Crippen LogP contribution in [0.15, 0.2) is 0 Å². The van der Waals surface area contributed by atoms with E-state index in [0.29, 0.717) is 5.41 Å². The summed E-state index contributed by atoms with van der Waals surface area (Å²) in [6.45, 7) is 7.24. The van der Waals surface area contributed by atoms with E-state index < -0.39 is 0 Å². The fourth-order valence-electron chi connectivity index (χ4n) is 2.34. The van der Waals surface area contributed by atoms with Gasteiger partial charge in [0.1, 0.15) is 0 Å². The molecule has 0 heterocycles. The molecule has 1 heteroatoms.